The number of halogens is 2. The van der Waals surface area contributed by atoms with Gasteiger partial charge in [-0.15, -0.1) is 0 Å². The summed E-state index contributed by atoms with van der Waals surface area (Å²) in [6, 6.07) is 17.8. The number of hydrogen-bond donors (Lipinski definition) is 0. The van der Waals surface area contributed by atoms with Crippen molar-refractivity contribution in [3.8, 4) is 0 Å². The number of hydrogen-bond acceptors (Lipinski definition) is 3. The Bertz CT molecular complexity index is 1050. The summed E-state index contributed by atoms with van der Waals surface area (Å²) in [5.41, 5.74) is 1.81. The maximum atomic E-state index is 6.16. The molecule has 3 aromatic carbocycles. The molecule has 1 aromatic heterocycles. The summed E-state index contributed by atoms with van der Waals surface area (Å²) in [7, 11) is 0. The lowest BCUT2D eigenvalue weighted by atomic mass is 10.1. The predicted molar refractivity (Wildman–Crippen MR) is 101 cm³/mol. The van der Waals surface area contributed by atoms with Crippen LogP contribution in [0.1, 0.15) is 5.56 Å². The van der Waals surface area contributed by atoms with E-state index in [0.29, 0.717) is 15.2 Å². The normalized spacial score (nSPS) is 11.7. The number of fused-ring (bicyclic) bond motifs is 3. The van der Waals surface area contributed by atoms with Gasteiger partial charge >= 0.3 is 0 Å². The molecule has 0 aliphatic carbocycles. The second kappa shape index (κ2) is 5.93. The molecule has 5 heteroatoms. The van der Waals surface area contributed by atoms with Crippen molar-refractivity contribution >= 4 is 66.9 Å². The van der Waals surface area contributed by atoms with Crippen LogP contribution in [0.4, 0.5) is 5.13 Å². The van der Waals surface area contributed by atoms with Gasteiger partial charge in [0.1, 0.15) is 0 Å². The van der Waals surface area contributed by atoms with E-state index in [2.05, 4.69) is 34.2 Å². The number of thiazole rings is 1. The van der Waals surface area contributed by atoms with Gasteiger partial charge in [-0.3, -0.25) is 0 Å². The van der Waals surface area contributed by atoms with Crippen LogP contribution >= 0.6 is 34.5 Å². The summed E-state index contributed by atoms with van der Waals surface area (Å²) >= 11 is 13.6. The van der Waals surface area contributed by atoms with E-state index in [9.17, 15) is 0 Å². The molecule has 0 unspecified atom stereocenters. The van der Waals surface area contributed by atoms with Gasteiger partial charge in [-0.1, -0.05) is 70.9 Å². The molecule has 0 bridgehead atoms. The molecule has 112 valence electrons. The van der Waals surface area contributed by atoms with E-state index in [1.54, 1.807) is 29.7 Å². The number of rotatable bonds is 2. The van der Waals surface area contributed by atoms with Crippen molar-refractivity contribution in [2.75, 3.05) is 0 Å². The van der Waals surface area contributed by atoms with Crippen molar-refractivity contribution in [3.63, 3.8) is 0 Å². The molecule has 0 fully saturated rings. The van der Waals surface area contributed by atoms with Gasteiger partial charge in [0.2, 0.25) is 5.13 Å². The third kappa shape index (κ3) is 2.83. The zero-order valence-corrected chi connectivity index (χ0v) is 14.2. The van der Waals surface area contributed by atoms with Gasteiger partial charge in [0.25, 0.3) is 0 Å². The smallest absolute Gasteiger partial charge is 0.210 e. The fourth-order valence-electron chi connectivity index (χ4n) is 2.44. The molecule has 23 heavy (non-hydrogen) atoms. The lowest BCUT2D eigenvalue weighted by Crippen LogP contribution is -1.82. The van der Waals surface area contributed by atoms with Crippen LogP contribution in [0.25, 0.3) is 21.0 Å². The van der Waals surface area contributed by atoms with Gasteiger partial charge in [0, 0.05) is 22.2 Å². The van der Waals surface area contributed by atoms with Gasteiger partial charge in [-0.2, -0.15) is 0 Å². The minimum Gasteiger partial charge on any atom is -0.227 e. The highest BCUT2D eigenvalue weighted by Crippen LogP contribution is 2.33. The zero-order chi connectivity index (χ0) is 15.8. The molecule has 4 rings (SSSR count). The molecule has 0 amide bonds. The molecule has 0 aliphatic rings. The minimum atomic E-state index is 0.577. The van der Waals surface area contributed by atoms with Crippen LogP contribution in [-0.2, 0) is 0 Å². The SMILES string of the molecule is Clc1ccc(C=Nc2nc3c(ccc4ccccc43)s2)c(Cl)c1. The monoisotopic (exact) mass is 356 g/mol. The molecule has 0 saturated carbocycles. The van der Waals surface area contributed by atoms with Gasteiger partial charge in [-0.25, -0.2) is 9.98 Å². The molecular formula is C18H10Cl2N2S. The van der Waals surface area contributed by atoms with Crippen molar-refractivity contribution < 1.29 is 0 Å². The highest BCUT2D eigenvalue weighted by atomic mass is 35.5. The quantitative estimate of drug-likeness (QED) is 0.376. The van der Waals surface area contributed by atoms with E-state index in [4.69, 9.17) is 23.2 Å². The highest BCUT2D eigenvalue weighted by molar-refractivity contribution is 7.22. The Hall–Kier alpha value is -1.94. The summed E-state index contributed by atoms with van der Waals surface area (Å²) in [5.74, 6) is 0. The Morgan fingerprint density at radius 1 is 1.00 bits per heavy atom. The fourth-order valence-corrected chi connectivity index (χ4v) is 3.72. The topological polar surface area (TPSA) is 25.2 Å². The Kier molecular flexibility index (Phi) is 3.77. The first-order valence-electron chi connectivity index (χ1n) is 6.98. The van der Waals surface area contributed by atoms with Gasteiger partial charge < -0.3 is 0 Å². The predicted octanol–water partition coefficient (Wildman–Crippen LogP) is 6.51. The van der Waals surface area contributed by atoms with Crippen LogP contribution in [0.2, 0.25) is 10.0 Å². The maximum absolute atomic E-state index is 6.16. The standard InChI is InChI=1S/C18H10Cl2N2S/c19-13-7-5-12(15(20)9-13)10-21-18-22-17-14-4-2-1-3-11(14)6-8-16(17)23-18/h1-10H. The number of nitrogens with zero attached hydrogens (tertiary/aromatic N) is 2. The summed E-state index contributed by atoms with van der Waals surface area (Å²) in [6.07, 6.45) is 1.72. The van der Waals surface area contributed by atoms with E-state index >= 15 is 0 Å². The van der Waals surface area contributed by atoms with Crippen LogP contribution in [0.15, 0.2) is 59.6 Å². The highest BCUT2D eigenvalue weighted by Gasteiger charge is 2.06. The maximum Gasteiger partial charge on any atom is 0.210 e. The molecule has 0 atom stereocenters. The molecule has 2 nitrogen and oxygen atoms in total. The Labute approximate surface area is 147 Å². The second-order valence-electron chi connectivity index (χ2n) is 5.05. The van der Waals surface area contributed by atoms with Gasteiger partial charge in [-0.05, 0) is 23.6 Å². The van der Waals surface area contributed by atoms with Gasteiger partial charge in [0.15, 0.2) is 0 Å². The van der Waals surface area contributed by atoms with E-state index in [0.717, 1.165) is 21.2 Å². The third-order valence-corrected chi connectivity index (χ3v) is 5.04. The summed E-state index contributed by atoms with van der Waals surface area (Å²) < 4.78 is 1.12. The van der Waals surface area contributed by atoms with E-state index in [1.165, 1.54) is 5.39 Å². The van der Waals surface area contributed by atoms with Crippen molar-refractivity contribution in [2.24, 2.45) is 4.99 Å². The van der Waals surface area contributed by atoms with Gasteiger partial charge in [0.05, 0.1) is 15.2 Å². The number of aromatic nitrogens is 1. The molecule has 0 radical (unpaired) electrons. The molecule has 0 spiro atoms. The average molecular weight is 357 g/mol. The fraction of sp³-hybridized carbons (Fsp3) is 0. The molecular weight excluding hydrogens is 347 g/mol. The number of benzene rings is 3. The average Bonchev–Trinajstić information content (AvgIpc) is 2.97. The third-order valence-electron chi connectivity index (χ3n) is 3.55. The summed E-state index contributed by atoms with van der Waals surface area (Å²) in [5, 5.41) is 4.22. The van der Waals surface area contributed by atoms with Crippen LogP contribution in [0, 0.1) is 0 Å². The minimum absolute atomic E-state index is 0.577. The van der Waals surface area contributed by atoms with E-state index in [1.807, 2.05) is 18.2 Å². The van der Waals surface area contributed by atoms with E-state index in [-0.39, 0.29) is 0 Å². The molecule has 4 aromatic rings. The Morgan fingerprint density at radius 3 is 2.74 bits per heavy atom. The Balaban J connectivity index is 1.77. The second-order valence-corrected chi connectivity index (χ2v) is 6.91. The first kappa shape index (κ1) is 14.6. The van der Waals surface area contributed by atoms with Crippen molar-refractivity contribution in [2.45, 2.75) is 0 Å². The zero-order valence-electron chi connectivity index (χ0n) is 11.8. The Morgan fingerprint density at radius 2 is 1.87 bits per heavy atom. The van der Waals surface area contributed by atoms with E-state index < -0.39 is 0 Å². The summed E-state index contributed by atoms with van der Waals surface area (Å²) in [4.78, 5) is 9.12. The molecule has 0 saturated heterocycles. The van der Waals surface area contributed by atoms with Crippen LogP contribution < -0.4 is 0 Å². The number of aliphatic imine (C=N–C) groups is 1. The first-order valence-corrected chi connectivity index (χ1v) is 8.55. The molecule has 1 heterocycles. The first-order chi connectivity index (χ1) is 11.2. The van der Waals surface area contributed by atoms with Crippen LogP contribution in [0.5, 0.6) is 0 Å². The molecule has 0 aliphatic heterocycles. The lowest BCUT2D eigenvalue weighted by molar-refractivity contribution is 1.42. The van der Waals surface area contributed by atoms with Crippen molar-refractivity contribution in [1.82, 2.24) is 4.98 Å². The lowest BCUT2D eigenvalue weighted by Gasteiger charge is -1.97. The largest absolute Gasteiger partial charge is 0.227 e. The van der Waals surface area contributed by atoms with Crippen molar-refractivity contribution in [1.29, 1.82) is 0 Å². The van der Waals surface area contributed by atoms with Crippen LogP contribution in [0.3, 0.4) is 0 Å². The van der Waals surface area contributed by atoms with Crippen LogP contribution in [-0.4, -0.2) is 11.2 Å². The van der Waals surface area contributed by atoms with Crippen molar-refractivity contribution in [3.05, 3.63) is 70.2 Å². The summed E-state index contributed by atoms with van der Waals surface area (Å²) in [6.45, 7) is 0. The molecule has 0 N–H and O–H groups in total.